The van der Waals surface area contributed by atoms with E-state index in [1.165, 1.54) is 24.0 Å². The second kappa shape index (κ2) is 5.24. The largest absolute Gasteiger partial charge is 0.463 e. The Morgan fingerprint density at radius 1 is 1.75 bits per heavy atom. The fraction of sp³-hybridized carbons (Fsp3) is 0.556. The van der Waals surface area contributed by atoms with E-state index in [9.17, 15) is 14.9 Å². The molecule has 7 nitrogen and oxygen atoms in total. The van der Waals surface area contributed by atoms with E-state index in [0.29, 0.717) is 13.0 Å². The van der Waals surface area contributed by atoms with Crippen LogP contribution in [-0.2, 0) is 16.1 Å². The van der Waals surface area contributed by atoms with Crippen LogP contribution in [0.25, 0.3) is 0 Å². The average Bonchev–Trinajstić information content (AvgIpc) is 2.61. The van der Waals surface area contributed by atoms with Gasteiger partial charge in [-0.1, -0.05) is 0 Å². The van der Waals surface area contributed by atoms with Crippen molar-refractivity contribution in [2.75, 3.05) is 0 Å². The third-order valence-electron chi connectivity index (χ3n) is 2.02. The Morgan fingerprint density at radius 3 is 3.00 bits per heavy atom. The molecule has 0 saturated carbocycles. The first kappa shape index (κ1) is 12.2. The standard InChI is InChI=1S/C9H13N3O4/c1-7(16-8(2)13)3-4-11-6-10-5-9(11)12(14)15/h5-7H,3-4H2,1-2H3. The lowest BCUT2D eigenvalue weighted by Crippen LogP contribution is -2.15. The van der Waals surface area contributed by atoms with Gasteiger partial charge in [-0.2, -0.15) is 0 Å². The maximum absolute atomic E-state index is 10.6. The quantitative estimate of drug-likeness (QED) is 0.427. The fourth-order valence-electron chi connectivity index (χ4n) is 1.30. The molecule has 0 aliphatic carbocycles. The van der Waals surface area contributed by atoms with Crippen LogP contribution in [0.15, 0.2) is 12.5 Å². The molecule has 7 heteroatoms. The number of nitro groups is 1. The third kappa shape index (κ3) is 3.34. The number of nitrogens with zero attached hydrogens (tertiary/aromatic N) is 3. The summed E-state index contributed by atoms with van der Waals surface area (Å²) in [7, 11) is 0. The Bertz CT molecular complexity index is 388. The Morgan fingerprint density at radius 2 is 2.44 bits per heavy atom. The van der Waals surface area contributed by atoms with E-state index < -0.39 is 4.92 Å². The van der Waals surface area contributed by atoms with Gasteiger partial charge in [-0.05, 0) is 11.8 Å². The van der Waals surface area contributed by atoms with Gasteiger partial charge in [0.2, 0.25) is 0 Å². The summed E-state index contributed by atoms with van der Waals surface area (Å²) in [6, 6.07) is 0. The number of hydrogen-bond acceptors (Lipinski definition) is 5. The number of ether oxygens (including phenoxy) is 1. The number of imidazole rings is 1. The molecule has 88 valence electrons. The lowest BCUT2D eigenvalue weighted by atomic mass is 10.3. The molecule has 1 atom stereocenters. The van der Waals surface area contributed by atoms with E-state index in [1.807, 2.05) is 0 Å². The molecular formula is C9H13N3O4. The van der Waals surface area contributed by atoms with Crippen molar-refractivity contribution in [3.63, 3.8) is 0 Å². The van der Waals surface area contributed by atoms with E-state index >= 15 is 0 Å². The first-order chi connectivity index (χ1) is 7.50. The van der Waals surface area contributed by atoms with Crippen LogP contribution in [0, 0.1) is 10.1 Å². The van der Waals surface area contributed by atoms with Crippen molar-refractivity contribution in [2.24, 2.45) is 0 Å². The van der Waals surface area contributed by atoms with Crippen LogP contribution in [0.4, 0.5) is 5.82 Å². The summed E-state index contributed by atoms with van der Waals surface area (Å²) in [5, 5.41) is 10.6. The summed E-state index contributed by atoms with van der Waals surface area (Å²) in [5.41, 5.74) is 0. The minimum atomic E-state index is -0.497. The second-order valence-electron chi connectivity index (χ2n) is 3.41. The minimum absolute atomic E-state index is 0.0602. The maximum atomic E-state index is 10.6. The molecule has 0 N–H and O–H groups in total. The number of esters is 1. The number of aryl methyl sites for hydroxylation is 1. The Balaban J connectivity index is 2.51. The van der Waals surface area contributed by atoms with Crippen molar-refractivity contribution in [1.82, 2.24) is 9.55 Å². The number of hydrogen-bond donors (Lipinski definition) is 0. The molecule has 1 aromatic heterocycles. The first-order valence-electron chi connectivity index (χ1n) is 4.82. The molecule has 0 saturated heterocycles. The summed E-state index contributed by atoms with van der Waals surface area (Å²) in [6.07, 6.45) is 2.82. The van der Waals surface area contributed by atoms with Crippen molar-refractivity contribution in [3.8, 4) is 0 Å². The minimum Gasteiger partial charge on any atom is -0.463 e. The van der Waals surface area contributed by atoms with Crippen LogP contribution >= 0.6 is 0 Å². The molecule has 0 aliphatic heterocycles. The first-order valence-corrected chi connectivity index (χ1v) is 4.82. The smallest absolute Gasteiger partial charge is 0.342 e. The van der Waals surface area contributed by atoms with E-state index in [0.717, 1.165) is 0 Å². The molecule has 0 amide bonds. The molecule has 0 bridgehead atoms. The van der Waals surface area contributed by atoms with Gasteiger partial charge in [-0.15, -0.1) is 0 Å². The Labute approximate surface area is 92.2 Å². The predicted octanol–water partition coefficient (Wildman–Crippen LogP) is 1.13. The molecule has 0 aliphatic rings. The number of rotatable bonds is 5. The molecule has 16 heavy (non-hydrogen) atoms. The van der Waals surface area contributed by atoms with Crippen molar-refractivity contribution in [3.05, 3.63) is 22.6 Å². The van der Waals surface area contributed by atoms with E-state index in [2.05, 4.69) is 4.98 Å². The topological polar surface area (TPSA) is 87.3 Å². The zero-order chi connectivity index (χ0) is 12.1. The summed E-state index contributed by atoms with van der Waals surface area (Å²) in [6.45, 7) is 3.46. The summed E-state index contributed by atoms with van der Waals surface area (Å²) < 4.78 is 6.32. The number of aromatic nitrogens is 2. The Hall–Kier alpha value is -1.92. The van der Waals surface area contributed by atoms with Crippen molar-refractivity contribution < 1.29 is 14.5 Å². The molecule has 0 aromatic carbocycles. The van der Waals surface area contributed by atoms with Gasteiger partial charge in [0.15, 0.2) is 6.33 Å². The molecule has 1 rings (SSSR count). The van der Waals surface area contributed by atoms with Crippen LogP contribution in [0.1, 0.15) is 20.3 Å². The number of carbonyl (C=O) groups is 1. The van der Waals surface area contributed by atoms with Crippen LogP contribution in [0.3, 0.4) is 0 Å². The molecule has 0 spiro atoms. The lowest BCUT2D eigenvalue weighted by Gasteiger charge is -2.10. The summed E-state index contributed by atoms with van der Waals surface area (Å²) in [4.78, 5) is 24.4. The fourth-order valence-corrected chi connectivity index (χ4v) is 1.30. The van der Waals surface area contributed by atoms with E-state index in [-0.39, 0.29) is 17.9 Å². The number of carbonyl (C=O) groups excluding carboxylic acids is 1. The van der Waals surface area contributed by atoms with E-state index in [1.54, 1.807) is 6.92 Å². The molecule has 1 aromatic rings. The van der Waals surface area contributed by atoms with Crippen LogP contribution in [0.5, 0.6) is 0 Å². The van der Waals surface area contributed by atoms with Crippen LogP contribution < -0.4 is 0 Å². The van der Waals surface area contributed by atoms with Crippen molar-refractivity contribution in [1.29, 1.82) is 0 Å². The highest BCUT2D eigenvalue weighted by Gasteiger charge is 2.14. The molecular weight excluding hydrogens is 214 g/mol. The highest BCUT2D eigenvalue weighted by atomic mass is 16.6. The zero-order valence-electron chi connectivity index (χ0n) is 9.12. The molecule has 0 radical (unpaired) electrons. The summed E-state index contributed by atoms with van der Waals surface area (Å²) >= 11 is 0. The normalized spacial score (nSPS) is 12.1. The molecule has 1 unspecified atom stereocenters. The van der Waals surface area contributed by atoms with E-state index in [4.69, 9.17) is 4.74 Å². The summed E-state index contributed by atoms with van der Waals surface area (Å²) in [5.74, 6) is -0.414. The van der Waals surface area contributed by atoms with Crippen LogP contribution in [-0.4, -0.2) is 26.5 Å². The zero-order valence-corrected chi connectivity index (χ0v) is 9.12. The predicted molar refractivity (Wildman–Crippen MR) is 54.7 cm³/mol. The van der Waals surface area contributed by atoms with Gasteiger partial charge < -0.3 is 14.9 Å². The third-order valence-corrected chi connectivity index (χ3v) is 2.02. The highest BCUT2D eigenvalue weighted by molar-refractivity contribution is 5.66. The van der Waals surface area contributed by atoms with Gasteiger partial charge in [0.25, 0.3) is 0 Å². The average molecular weight is 227 g/mol. The molecule has 1 heterocycles. The second-order valence-corrected chi connectivity index (χ2v) is 3.41. The van der Waals surface area contributed by atoms with Crippen molar-refractivity contribution >= 4 is 11.8 Å². The van der Waals surface area contributed by atoms with Gasteiger partial charge >= 0.3 is 11.8 Å². The highest BCUT2D eigenvalue weighted by Crippen LogP contribution is 2.11. The van der Waals surface area contributed by atoms with Crippen molar-refractivity contribution in [2.45, 2.75) is 32.9 Å². The van der Waals surface area contributed by atoms with Gasteiger partial charge in [-0.25, -0.2) is 9.55 Å². The van der Waals surface area contributed by atoms with Crippen LogP contribution in [0.2, 0.25) is 0 Å². The lowest BCUT2D eigenvalue weighted by molar-refractivity contribution is -0.392. The van der Waals surface area contributed by atoms with Gasteiger partial charge in [0, 0.05) is 13.3 Å². The molecule has 0 fully saturated rings. The monoisotopic (exact) mass is 227 g/mol. The van der Waals surface area contributed by atoms with Gasteiger partial charge in [0.1, 0.15) is 12.3 Å². The van der Waals surface area contributed by atoms with Gasteiger partial charge in [-0.3, -0.25) is 4.79 Å². The Kier molecular flexibility index (Phi) is 3.98. The SMILES string of the molecule is CC(=O)OC(C)CCn1cncc1[N+](=O)[O-]. The maximum Gasteiger partial charge on any atom is 0.342 e. The van der Waals surface area contributed by atoms with Gasteiger partial charge in [0.05, 0.1) is 6.54 Å².